The molecule has 0 radical (unpaired) electrons. The normalized spacial score (nSPS) is 42.8. The van der Waals surface area contributed by atoms with Crippen molar-refractivity contribution < 1.29 is 9.47 Å². The lowest BCUT2D eigenvalue weighted by Crippen LogP contribution is -2.34. The Hall–Kier alpha value is -0.340. The summed E-state index contributed by atoms with van der Waals surface area (Å²) in [5, 5.41) is 0. The Morgan fingerprint density at radius 3 is 2.54 bits per heavy atom. The monoisotopic (exact) mass is 182 g/mol. The van der Waals surface area contributed by atoms with Gasteiger partial charge >= 0.3 is 0 Å². The van der Waals surface area contributed by atoms with Crippen LogP contribution >= 0.6 is 0 Å². The zero-order chi connectivity index (χ0) is 9.53. The summed E-state index contributed by atoms with van der Waals surface area (Å²) in [6.45, 7) is 6.29. The third kappa shape index (κ3) is 1.53. The predicted octanol–water partition coefficient (Wildman–Crippen LogP) is 2.64. The lowest BCUT2D eigenvalue weighted by atomic mass is 10.0. The minimum absolute atomic E-state index is 0.134. The van der Waals surface area contributed by atoms with Crippen LogP contribution in [0.15, 0.2) is 12.2 Å². The van der Waals surface area contributed by atoms with E-state index in [0.29, 0.717) is 0 Å². The lowest BCUT2D eigenvalue weighted by Gasteiger charge is -2.30. The fourth-order valence-electron chi connectivity index (χ4n) is 2.04. The van der Waals surface area contributed by atoms with Gasteiger partial charge in [-0.1, -0.05) is 12.2 Å². The quantitative estimate of drug-likeness (QED) is 0.536. The van der Waals surface area contributed by atoms with Crippen LogP contribution in [0, 0.1) is 0 Å². The summed E-state index contributed by atoms with van der Waals surface area (Å²) in [4.78, 5) is 0. The standard InChI is InChI=1S/C11H18O2/c1-9-10(2,3)13-11(12-9)7-5-4-6-8-11/h4-5,9H,6-8H2,1-3H3. The first-order valence-corrected chi connectivity index (χ1v) is 5.07. The van der Waals surface area contributed by atoms with Crippen LogP contribution in [0.5, 0.6) is 0 Å². The van der Waals surface area contributed by atoms with Crippen molar-refractivity contribution >= 4 is 0 Å². The molecule has 1 heterocycles. The molecule has 74 valence electrons. The molecule has 1 spiro atoms. The van der Waals surface area contributed by atoms with Crippen LogP contribution in [0.25, 0.3) is 0 Å². The van der Waals surface area contributed by atoms with Crippen LogP contribution in [-0.2, 0) is 9.47 Å². The molecule has 0 amide bonds. The van der Waals surface area contributed by atoms with Crippen LogP contribution in [0.1, 0.15) is 40.0 Å². The van der Waals surface area contributed by atoms with Crippen LogP contribution in [0.2, 0.25) is 0 Å². The summed E-state index contributed by atoms with van der Waals surface area (Å²) in [5.41, 5.74) is -0.134. The number of hydrogen-bond acceptors (Lipinski definition) is 2. The van der Waals surface area contributed by atoms with E-state index in [4.69, 9.17) is 9.47 Å². The van der Waals surface area contributed by atoms with Crippen molar-refractivity contribution in [3.05, 3.63) is 12.2 Å². The molecule has 2 atom stereocenters. The molecule has 2 nitrogen and oxygen atoms in total. The van der Waals surface area contributed by atoms with E-state index in [1.165, 1.54) is 0 Å². The first-order chi connectivity index (χ1) is 6.04. The third-order valence-electron chi connectivity index (χ3n) is 3.11. The molecule has 0 aromatic carbocycles. The molecule has 0 aromatic heterocycles. The maximum Gasteiger partial charge on any atom is 0.173 e. The predicted molar refractivity (Wildman–Crippen MR) is 51.4 cm³/mol. The molecule has 1 aliphatic heterocycles. The number of rotatable bonds is 0. The highest BCUT2D eigenvalue weighted by Gasteiger charge is 2.49. The molecule has 1 fully saturated rings. The van der Waals surface area contributed by atoms with Gasteiger partial charge in [0, 0.05) is 12.8 Å². The summed E-state index contributed by atoms with van der Waals surface area (Å²) in [6.07, 6.45) is 7.53. The van der Waals surface area contributed by atoms with Gasteiger partial charge in [-0.2, -0.15) is 0 Å². The Morgan fingerprint density at radius 1 is 1.31 bits per heavy atom. The summed E-state index contributed by atoms with van der Waals surface area (Å²) in [6, 6.07) is 0. The van der Waals surface area contributed by atoms with Crippen LogP contribution in [0.4, 0.5) is 0 Å². The highest BCUT2D eigenvalue weighted by molar-refractivity contribution is 5.00. The molecular formula is C11H18O2. The van der Waals surface area contributed by atoms with Crippen molar-refractivity contribution in [3.8, 4) is 0 Å². The molecule has 2 rings (SSSR count). The van der Waals surface area contributed by atoms with Crippen LogP contribution < -0.4 is 0 Å². The van der Waals surface area contributed by atoms with Gasteiger partial charge < -0.3 is 9.47 Å². The van der Waals surface area contributed by atoms with E-state index in [9.17, 15) is 0 Å². The van der Waals surface area contributed by atoms with E-state index < -0.39 is 0 Å². The Balaban J connectivity index is 2.15. The average molecular weight is 182 g/mol. The molecule has 2 heteroatoms. The number of ether oxygens (including phenoxy) is 2. The van der Waals surface area contributed by atoms with Gasteiger partial charge in [-0.05, 0) is 27.2 Å². The van der Waals surface area contributed by atoms with E-state index in [1.807, 2.05) is 0 Å². The molecule has 1 aliphatic carbocycles. The average Bonchev–Trinajstić information content (AvgIpc) is 2.23. The van der Waals surface area contributed by atoms with Crippen molar-refractivity contribution in [1.82, 2.24) is 0 Å². The van der Waals surface area contributed by atoms with Crippen molar-refractivity contribution in [1.29, 1.82) is 0 Å². The second-order valence-electron chi connectivity index (χ2n) is 4.59. The second-order valence-corrected chi connectivity index (χ2v) is 4.59. The van der Waals surface area contributed by atoms with Crippen molar-refractivity contribution in [3.63, 3.8) is 0 Å². The van der Waals surface area contributed by atoms with Gasteiger partial charge in [0.15, 0.2) is 5.79 Å². The molecule has 0 N–H and O–H groups in total. The topological polar surface area (TPSA) is 18.5 Å². The molecule has 0 bridgehead atoms. The van der Waals surface area contributed by atoms with Crippen molar-refractivity contribution in [2.45, 2.75) is 57.5 Å². The molecule has 2 unspecified atom stereocenters. The Kier molecular flexibility index (Phi) is 2.00. The van der Waals surface area contributed by atoms with Gasteiger partial charge in [0.05, 0.1) is 11.7 Å². The Labute approximate surface area is 79.9 Å². The number of allylic oxidation sites excluding steroid dienone is 1. The largest absolute Gasteiger partial charge is 0.344 e. The van der Waals surface area contributed by atoms with Crippen LogP contribution in [0.3, 0.4) is 0 Å². The van der Waals surface area contributed by atoms with Crippen molar-refractivity contribution in [2.24, 2.45) is 0 Å². The molecule has 1 saturated heterocycles. The highest BCUT2D eigenvalue weighted by atomic mass is 16.8. The fraction of sp³-hybridized carbons (Fsp3) is 0.818. The Morgan fingerprint density at radius 2 is 2.08 bits per heavy atom. The maximum atomic E-state index is 6.02. The SMILES string of the molecule is CC1OC2(CC=CCC2)OC1(C)C. The van der Waals surface area contributed by atoms with E-state index in [2.05, 4.69) is 32.9 Å². The zero-order valence-corrected chi connectivity index (χ0v) is 8.67. The minimum Gasteiger partial charge on any atom is -0.344 e. The highest BCUT2D eigenvalue weighted by Crippen LogP contribution is 2.42. The van der Waals surface area contributed by atoms with E-state index in [0.717, 1.165) is 19.3 Å². The second kappa shape index (κ2) is 2.82. The first kappa shape index (κ1) is 9.22. The zero-order valence-electron chi connectivity index (χ0n) is 8.67. The fourth-order valence-corrected chi connectivity index (χ4v) is 2.04. The summed E-state index contributed by atoms with van der Waals surface area (Å²) < 4.78 is 11.9. The van der Waals surface area contributed by atoms with E-state index in [1.54, 1.807) is 0 Å². The molecule has 0 aromatic rings. The van der Waals surface area contributed by atoms with Gasteiger partial charge in [0.1, 0.15) is 0 Å². The maximum absolute atomic E-state index is 6.02. The number of hydrogen-bond donors (Lipinski definition) is 0. The lowest BCUT2D eigenvalue weighted by molar-refractivity contribution is -0.188. The van der Waals surface area contributed by atoms with Gasteiger partial charge in [-0.25, -0.2) is 0 Å². The summed E-state index contributed by atoms with van der Waals surface area (Å²) in [7, 11) is 0. The van der Waals surface area contributed by atoms with Crippen molar-refractivity contribution in [2.75, 3.05) is 0 Å². The summed E-state index contributed by atoms with van der Waals surface area (Å²) >= 11 is 0. The van der Waals surface area contributed by atoms with Gasteiger partial charge in [-0.15, -0.1) is 0 Å². The Bertz CT molecular complexity index is 232. The molecule has 0 saturated carbocycles. The first-order valence-electron chi connectivity index (χ1n) is 5.07. The van der Waals surface area contributed by atoms with Gasteiger partial charge in [-0.3, -0.25) is 0 Å². The minimum atomic E-state index is -0.308. The molecule has 13 heavy (non-hydrogen) atoms. The summed E-state index contributed by atoms with van der Waals surface area (Å²) in [5.74, 6) is -0.308. The molecular weight excluding hydrogens is 164 g/mol. The smallest absolute Gasteiger partial charge is 0.173 e. The van der Waals surface area contributed by atoms with E-state index in [-0.39, 0.29) is 17.5 Å². The van der Waals surface area contributed by atoms with Gasteiger partial charge in [0.25, 0.3) is 0 Å². The van der Waals surface area contributed by atoms with Gasteiger partial charge in [0.2, 0.25) is 0 Å². The molecule has 2 aliphatic rings. The van der Waals surface area contributed by atoms with Crippen LogP contribution in [-0.4, -0.2) is 17.5 Å². The third-order valence-corrected chi connectivity index (χ3v) is 3.11. The van der Waals surface area contributed by atoms with E-state index >= 15 is 0 Å².